The largest absolute Gasteiger partial charge is 0.344 e. The predicted octanol–water partition coefficient (Wildman–Crippen LogP) is 2.28. The molecule has 35 heavy (non-hydrogen) atoms. The van der Waals surface area contributed by atoms with E-state index in [2.05, 4.69) is 26.3 Å². The van der Waals surface area contributed by atoms with Gasteiger partial charge in [-0.2, -0.15) is 9.69 Å². The van der Waals surface area contributed by atoms with E-state index in [0.29, 0.717) is 16.3 Å². The highest BCUT2D eigenvalue weighted by Gasteiger charge is 2.54. The minimum atomic E-state index is -1.46. The first-order valence-electron chi connectivity index (χ1n) is 10.6. The van der Waals surface area contributed by atoms with Gasteiger partial charge in [0.1, 0.15) is 0 Å². The number of imide groups is 1. The third-order valence-electron chi connectivity index (χ3n) is 5.45. The maximum Gasteiger partial charge on any atom is 0.344 e. The van der Waals surface area contributed by atoms with E-state index < -0.39 is 23.4 Å². The van der Waals surface area contributed by atoms with E-state index in [1.807, 2.05) is 42.5 Å². The number of rotatable bonds is 7. The van der Waals surface area contributed by atoms with Crippen LogP contribution in [0.5, 0.6) is 0 Å². The van der Waals surface area contributed by atoms with Crippen LogP contribution in [-0.4, -0.2) is 48.8 Å². The fourth-order valence-corrected chi connectivity index (χ4v) is 4.54. The molecule has 174 valence electrons. The number of nitrogens with one attached hydrogen (secondary N) is 2. The van der Waals surface area contributed by atoms with Crippen LogP contribution in [0.1, 0.15) is 11.1 Å². The van der Waals surface area contributed by atoms with Gasteiger partial charge in [-0.05, 0) is 33.7 Å². The van der Waals surface area contributed by atoms with Gasteiger partial charge in [-0.3, -0.25) is 15.0 Å². The topological polar surface area (TPSA) is 122 Å². The SMILES string of the molecule is O=C(CSc1nnnn1-c1ccccc1)NN1C(=O)NC(c2ccccc2)(c2ccccc2)C1=O. The summed E-state index contributed by atoms with van der Waals surface area (Å²) in [5.41, 5.74) is 2.87. The molecule has 0 spiro atoms. The van der Waals surface area contributed by atoms with E-state index in [0.717, 1.165) is 22.5 Å². The lowest BCUT2D eigenvalue weighted by molar-refractivity contribution is -0.137. The van der Waals surface area contributed by atoms with Crippen LogP contribution in [0.25, 0.3) is 5.69 Å². The van der Waals surface area contributed by atoms with Crippen LogP contribution in [0.4, 0.5) is 4.79 Å². The third kappa shape index (κ3) is 4.13. The van der Waals surface area contributed by atoms with Gasteiger partial charge >= 0.3 is 6.03 Å². The molecule has 3 aromatic carbocycles. The molecule has 4 amide bonds. The van der Waals surface area contributed by atoms with Gasteiger partial charge in [0.15, 0.2) is 5.54 Å². The van der Waals surface area contributed by atoms with Crippen LogP contribution >= 0.6 is 11.8 Å². The molecule has 1 aliphatic heterocycles. The molecule has 5 rings (SSSR count). The lowest BCUT2D eigenvalue weighted by Gasteiger charge is -2.27. The maximum atomic E-state index is 13.6. The molecular weight excluding hydrogens is 466 g/mol. The zero-order valence-corrected chi connectivity index (χ0v) is 19.1. The Morgan fingerprint density at radius 3 is 2.06 bits per heavy atom. The number of benzene rings is 3. The van der Waals surface area contributed by atoms with Crippen molar-refractivity contribution in [3.63, 3.8) is 0 Å². The second-order valence-corrected chi connectivity index (χ2v) is 8.53. The average molecular weight is 486 g/mol. The predicted molar refractivity (Wildman–Crippen MR) is 127 cm³/mol. The molecule has 10 nitrogen and oxygen atoms in total. The molecule has 11 heteroatoms. The summed E-state index contributed by atoms with van der Waals surface area (Å²) >= 11 is 1.08. The highest BCUT2D eigenvalue weighted by Crippen LogP contribution is 2.35. The van der Waals surface area contributed by atoms with Crippen molar-refractivity contribution in [1.82, 2.24) is 36.0 Å². The van der Waals surface area contributed by atoms with E-state index in [-0.39, 0.29) is 5.75 Å². The molecule has 0 radical (unpaired) electrons. The lowest BCUT2D eigenvalue weighted by atomic mass is 9.83. The molecule has 4 aromatic rings. The summed E-state index contributed by atoms with van der Waals surface area (Å²) in [6.07, 6.45) is 0. The summed E-state index contributed by atoms with van der Waals surface area (Å²) in [7, 11) is 0. The summed E-state index contributed by atoms with van der Waals surface area (Å²) < 4.78 is 1.50. The molecule has 1 fully saturated rings. The highest BCUT2D eigenvalue weighted by atomic mass is 32.2. The summed E-state index contributed by atoms with van der Waals surface area (Å²) in [5.74, 6) is -1.28. The monoisotopic (exact) mass is 485 g/mol. The molecular formula is C24H19N7O3S. The first kappa shape index (κ1) is 22.3. The van der Waals surface area contributed by atoms with Crippen molar-refractivity contribution in [3.8, 4) is 5.69 Å². The number of para-hydroxylation sites is 1. The normalized spacial score (nSPS) is 14.6. The Morgan fingerprint density at radius 1 is 0.886 bits per heavy atom. The first-order valence-corrected chi connectivity index (χ1v) is 11.6. The number of nitrogens with zero attached hydrogens (tertiary/aromatic N) is 5. The van der Waals surface area contributed by atoms with Crippen molar-refractivity contribution >= 4 is 29.6 Å². The standard InChI is InChI=1S/C24H19N7O3S/c32-20(16-35-23-26-28-29-30(23)19-14-8-3-9-15-19)27-31-21(33)24(25-22(31)34,17-10-4-1-5-11-17)18-12-6-2-7-13-18/h1-15H,16H2,(H,25,34)(H,27,32). The number of tetrazole rings is 1. The minimum Gasteiger partial charge on any atom is -0.314 e. The van der Waals surface area contributed by atoms with Gasteiger partial charge in [0.2, 0.25) is 11.1 Å². The number of hydrogen-bond donors (Lipinski definition) is 2. The van der Waals surface area contributed by atoms with Crippen molar-refractivity contribution in [1.29, 1.82) is 0 Å². The summed E-state index contributed by atoms with van der Waals surface area (Å²) in [5, 5.41) is 15.5. The van der Waals surface area contributed by atoms with Crippen LogP contribution in [-0.2, 0) is 15.1 Å². The molecule has 1 aromatic heterocycles. The molecule has 1 saturated heterocycles. The molecule has 0 bridgehead atoms. The van der Waals surface area contributed by atoms with Gasteiger partial charge in [-0.1, -0.05) is 90.6 Å². The van der Waals surface area contributed by atoms with Crippen LogP contribution in [0, 0.1) is 0 Å². The molecule has 0 unspecified atom stereocenters. The zero-order chi connectivity index (χ0) is 24.3. The maximum absolute atomic E-state index is 13.6. The Kier molecular flexibility index (Phi) is 5.98. The lowest BCUT2D eigenvalue weighted by Crippen LogP contribution is -2.49. The van der Waals surface area contributed by atoms with Gasteiger partial charge < -0.3 is 5.32 Å². The van der Waals surface area contributed by atoms with E-state index in [9.17, 15) is 14.4 Å². The Bertz CT molecular complexity index is 1320. The molecule has 0 saturated carbocycles. The van der Waals surface area contributed by atoms with Gasteiger partial charge in [0.25, 0.3) is 5.91 Å². The van der Waals surface area contributed by atoms with Crippen LogP contribution in [0.15, 0.2) is 96.2 Å². The highest BCUT2D eigenvalue weighted by molar-refractivity contribution is 7.99. The number of carbonyl (C=O) groups is 3. The first-order chi connectivity index (χ1) is 17.1. The second kappa shape index (κ2) is 9.39. The van der Waals surface area contributed by atoms with Gasteiger partial charge in [0.05, 0.1) is 11.4 Å². The Labute approximate surface area is 204 Å². The van der Waals surface area contributed by atoms with E-state index in [4.69, 9.17) is 0 Å². The second-order valence-electron chi connectivity index (χ2n) is 7.59. The number of thioether (sulfide) groups is 1. The minimum absolute atomic E-state index is 0.117. The van der Waals surface area contributed by atoms with Crippen molar-refractivity contribution in [3.05, 3.63) is 102 Å². The number of hydrazine groups is 1. The van der Waals surface area contributed by atoms with Crippen LogP contribution in [0.3, 0.4) is 0 Å². The molecule has 1 aliphatic rings. The van der Waals surface area contributed by atoms with Crippen molar-refractivity contribution in [2.75, 3.05) is 5.75 Å². The fourth-order valence-electron chi connectivity index (χ4n) is 3.85. The molecule has 0 aliphatic carbocycles. The van der Waals surface area contributed by atoms with Crippen molar-refractivity contribution in [2.45, 2.75) is 10.7 Å². The number of amides is 4. The Morgan fingerprint density at radius 2 is 1.46 bits per heavy atom. The van der Waals surface area contributed by atoms with Crippen molar-refractivity contribution < 1.29 is 14.4 Å². The van der Waals surface area contributed by atoms with E-state index >= 15 is 0 Å². The smallest absolute Gasteiger partial charge is 0.314 e. The summed E-state index contributed by atoms with van der Waals surface area (Å²) in [4.78, 5) is 39.3. The van der Waals surface area contributed by atoms with Crippen LogP contribution < -0.4 is 10.7 Å². The number of carbonyl (C=O) groups excluding carboxylic acids is 3. The fraction of sp³-hybridized carbons (Fsp3) is 0.0833. The average Bonchev–Trinajstić information content (AvgIpc) is 3.48. The quantitative estimate of drug-likeness (QED) is 0.304. The Balaban J connectivity index is 1.34. The Hall–Kier alpha value is -4.51. The van der Waals surface area contributed by atoms with Crippen molar-refractivity contribution in [2.24, 2.45) is 0 Å². The number of aromatic nitrogens is 4. The molecule has 2 heterocycles. The number of hydrogen-bond acceptors (Lipinski definition) is 7. The van der Waals surface area contributed by atoms with Gasteiger partial charge in [-0.15, -0.1) is 5.10 Å². The molecule has 2 N–H and O–H groups in total. The molecule has 0 atom stereocenters. The summed E-state index contributed by atoms with van der Waals surface area (Å²) in [6, 6.07) is 26.3. The van der Waals surface area contributed by atoms with Crippen LogP contribution in [0.2, 0.25) is 0 Å². The number of urea groups is 1. The van der Waals surface area contributed by atoms with Gasteiger partial charge in [0, 0.05) is 0 Å². The van der Waals surface area contributed by atoms with Gasteiger partial charge in [-0.25, -0.2) is 4.79 Å². The zero-order valence-electron chi connectivity index (χ0n) is 18.2. The van der Waals surface area contributed by atoms with E-state index in [1.165, 1.54) is 4.68 Å². The third-order valence-corrected chi connectivity index (χ3v) is 6.36. The summed E-state index contributed by atoms with van der Waals surface area (Å²) in [6.45, 7) is 0. The van der Waals surface area contributed by atoms with E-state index in [1.54, 1.807) is 48.5 Å².